The van der Waals surface area contributed by atoms with Crippen molar-refractivity contribution in [2.75, 3.05) is 31.6 Å². The topological polar surface area (TPSA) is 61.8 Å². The molecule has 0 atom stereocenters. The monoisotopic (exact) mass is 577 g/mol. The van der Waals surface area contributed by atoms with Crippen LogP contribution in [0.1, 0.15) is 29.5 Å². The first-order valence-corrected chi connectivity index (χ1v) is 10.7. The number of aliphatic imine (C=N–C) groups is 1. The molecular formula is C23H31F3IN5O. The Hall–Kier alpha value is -2.08. The average molecular weight is 577 g/mol. The number of ether oxygens (including phenoxy) is 1. The van der Waals surface area contributed by atoms with Gasteiger partial charge >= 0.3 is 6.18 Å². The minimum Gasteiger partial charge on any atom is -0.367 e. The van der Waals surface area contributed by atoms with Crippen molar-refractivity contribution in [2.24, 2.45) is 4.99 Å². The van der Waals surface area contributed by atoms with E-state index in [1.807, 2.05) is 31.3 Å². The quantitative estimate of drug-likeness (QED) is 0.290. The highest BCUT2D eigenvalue weighted by molar-refractivity contribution is 14.0. The second kappa shape index (κ2) is 13.0. The van der Waals surface area contributed by atoms with Gasteiger partial charge in [-0.15, -0.1) is 24.0 Å². The van der Waals surface area contributed by atoms with Crippen LogP contribution in [0.4, 0.5) is 19.0 Å². The van der Waals surface area contributed by atoms with Crippen molar-refractivity contribution in [1.82, 2.24) is 15.6 Å². The number of anilines is 1. The molecule has 0 saturated carbocycles. The van der Waals surface area contributed by atoms with Gasteiger partial charge in [-0.1, -0.05) is 30.3 Å². The number of piperidine rings is 1. The molecule has 0 bridgehead atoms. The standard InChI is InChI=1S/C23H30F3N5O.HI/c1-17-6-7-21(28-13-17)31-10-8-20(9-11-31)30-22(27-2)29-14-18-4-3-5-19(12-18)15-32-16-23(24,25)26;/h3-7,12-13,20H,8-11,14-16H2,1-2H3,(H2,27,29,30);1H. The lowest BCUT2D eigenvalue weighted by molar-refractivity contribution is -0.176. The zero-order chi connectivity index (χ0) is 23.0. The van der Waals surface area contributed by atoms with E-state index >= 15 is 0 Å². The van der Waals surface area contributed by atoms with E-state index in [0.717, 1.165) is 42.9 Å². The molecule has 182 valence electrons. The van der Waals surface area contributed by atoms with Crippen LogP contribution in [0.2, 0.25) is 0 Å². The van der Waals surface area contributed by atoms with Gasteiger partial charge in [0.05, 0.1) is 6.61 Å². The van der Waals surface area contributed by atoms with Gasteiger partial charge in [0, 0.05) is 38.9 Å². The summed E-state index contributed by atoms with van der Waals surface area (Å²) in [5.74, 6) is 1.71. The van der Waals surface area contributed by atoms with Crippen LogP contribution in [0.15, 0.2) is 47.6 Å². The Balaban J connectivity index is 0.00000385. The van der Waals surface area contributed by atoms with Crippen LogP contribution in [-0.2, 0) is 17.9 Å². The SMILES string of the molecule is CN=C(NCc1cccc(COCC(F)(F)F)c1)NC1CCN(c2ccc(C)cn2)CC1.I. The van der Waals surface area contributed by atoms with Crippen LogP contribution in [0.3, 0.4) is 0 Å². The smallest absolute Gasteiger partial charge is 0.367 e. The number of hydrogen-bond donors (Lipinski definition) is 2. The fourth-order valence-electron chi connectivity index (χ4n) is 3.59. The number of benzene rings is 1. The Morgan fingerprint density at radius 3 is 2.55 bits per heavy atom. The number of halogens is 4. The van der Waals surface area contributed by atoms with E-state index in [2.05, 4.69) is 37.6 Å². The first-order chi connectivity index (χ1) is 15.3. The van der Waals surface area contributed by atoms with E-state index in [0.29, 0.717) is 24.1 Å². The van der Waals surface area contributed by atoms with Gasteiger partial charge in [-0.3, -0.25) is 4.99 Å². The first kappa shape index (κ1) is 27.2. The summed E-state index contributed by atoms with van der Waals surface area (Å²) in [5, 5.41) is 6.75. The lowest BCUT2D eigenvalue weighted by atomic mass is 10.1. The molecule has 1 saturated heterocycles. The normalized spacial score (nSPS) is 15.2. The highest BCUT2D eigenvalue weighted by atomic mass is 127. The van der Waals surface area contributed by atoms with Gasteiger partial charge in [-0.2, -0.15) is 13.2 Å². The van der Waals surface area contributed by atoms with Crippen LogP contribution in [0.5, 0.6) is 0 Å². The zero-order valence-corrected chi connectivity index (χ0v) is 21.2. The van der Waals surface area contributed by atoms with Gasteiger partial charge in [0.25, 0.3) is 0 Å². The van der Waals surface area contributed by atoms with Crippen molar-refractivity contribution in [3.63, 3.8) is 0 Å². The average Bonchev–Trinajstić information content (AvgIpc) is 2.77. The van der Waals surface area contributed by atoms with E-state index in [9.17, 15) is 13.2 Å². The summed E-state index contributed by atoms with van der Waals surface area (Å²) < 4.78 is 41.5. The lowest BCUT2D eigenvalue weighted by Crippen LogP contribution is -2.48. The maximum Gasteiger partial charge on any atom is 0.411 e. The molecule has 33 heavy (non-hydrogen) atoms. The number of alkyl halides is 3. The van der Waals surface area contributed by atoms with E-state index in [1.54, 1.807) is 13.1 Å². The van der Waals surface area contributed by atoms with Crippen LogP contribution in [0, 0.1) is 6.92 Å². The Bertz CT molecular complexity index is 884. The maximum absolute atomic E-state index is 12.2. The van der Waals surface area contributed by atoms with Crippen molar-refractivity contribution < 1.29 is 17.9 Å². The summed E-state index contributed by atoms with van der Waals surface area (Å²) in [4.78, 5) is 11.1. The third kappa shape index (κ3) is 9.36. The molecule has 1 aliphatic rings. The largest absolute Gasteiger partial charge is 0.411 e. The molecule has 0 spiro atoms. The molecule has 1 aliphatic heterocycles. The zero-order valence-electron chi connectivity index (χ0n) is 18.9. The Kier molecular flexibility index (Phi) is 10.7. The van der Waals surface area contributed by atoms with E-state index in [1.165, 1.54) is 0 Å². The molecule has 1 aromatic heterocycles. The van der Waals surface area contributed by atoms with Crippen LogP contribution >= 0.6 is 24.0 Å². The van der Waals surface area contributed by atoms with Crippen LogP contribution in [-0.4, -0.2) is 49.9 Å². The van der Waals surface area contributed by atoms with Crippen molar-refractivity contribution in [2.45, 2.75) is 45.1 Å². The molecule has 3 rings (SSSR count). The van der Waals surface area contributed by atoms with E-state index < -0.39 is 12.8 Å². The molecule has 6 nitrogen and oxygen atoms in total. The van der Waals surface area contributed by atoms with Crippen molar-refractivity contribution >= 4 is 35.8 Å². The highest BCUT2D eigenvalue weighted by Gasteiger charge is 2.27. The van der Waals surface area contributed by atoms with Gasteiger partial charge in [0.15, 0.2) is 5.96 Å². The van der Waals surface area contributed by atoms with Gasteiger partial charge in [-0.05, 0) is 42.5 Å². The number of guanidine groups is 1. The number of rotatable bonds is 7. The van der Waals surface area contributed by atoms with Crippen molar-refractivity contribution in [1.29, 1.82) is 0 Å². The van der Waals surface area contributed by atoms with Gasteiger partial charge in [-0.25, -0.2) is 4.98 Å². The molecule has 0 radical (unpaired) electrons. The van der Waals surface area contributed by atoms with Crippen LogP contribution < -0.4 is 15.5 Å². The Labute approximate surface area is 210 Å². The Morgan fingerprint density at radius 2 is 1.91 bits per heavy atom. The third-order valence-electron chi connectivity index (χ3n) is 5.26. The number of pyridine rings is 1. The molecule has 2 heterocycles. The lowest BCUT2D eigenvalue weighted by Gasteiger charge is -2.33. The van der Waals surface area contributed by atoms with E-state index in [-0.39, 0.29) is 30.6 Å². The highest BCUT2D eigenvalue weighted by Crippen LogP contribution is 2.18. The minimum absolute atomic E-state index is 0. The summed E-state index contributed by atoms with van der Waals surface area (Å²) in [7, 11) is 1.72. The minimum atomic E-state index is -4.32. The van der Waals surface area contributed by atoms with E-state index in [4.69, 9.17) is 4.74 Å². The fraction of sp³-hybridized carbons (Fsp3) is 0.478. The molecule has 1 aromatic carbocycles. The summed E-state index contributed by atoms with van der Waals surface area (Å²) >= 11 is 0. The van der Waals surface area contributed by atoms with Gasteiger partial charge in [0.1, 0.15) is 12.4 Å². The van der Waals surface area contributed by atoms with Gasteiger partial charge in [0.2, 0.25) is 0 Å². The second-order valence-electron chi connectivity index (χ2n) is 7.95. The van der Waals surface area contributed by atoms with Gasteiger partial charge < -0.3 is 20.3 Å². The molecular weight excluding hydrogens is 546 g/mol. The predicted molar refractivity (Wildman–Crippen MR) is 135 cm³/mol. The molecule has 10 heteroatoms. The summed E-state index contributed by atoms with van der Waals surface area (Å²) in [5.41, 5.74) is 2.80. The number of nitrogens with zero attached hydrogens (tertiary/aromatic N) is 3. The molecule has 0 aliphatic carbocycles. The molecule has 1 fully saturated rings. The van der Waals surface area contributed by atoms with Crippen molar-refractivity contribution in [3.05, 3.63) is 59.3 Å². The number of aryl methyl sites for hydroxylation is 1. The molecule has 2 aromatic rings. The molecule has 0 unspecified atom stereocenters. The fourth-order valence-corrected chi connectivity index (χ4v) is 3.59. The number of nitrogens with one attached hydrogen (secondary N) is 2. The summed E-state index contributed by atoms with van der Waals surface area (Å²) in [6.07, 6.45) is -0.475. The summed E-state index contributed by atoms with van der Waals surface area (Å²) in [6.45, 7) is 3.07. The predicted octanol–water partition coefficient (Wildman–Crippen LogP) is 4.42. The number of aromatic nitrogens is 1. The first-order valence-electron chi connectivity index (χ1n) is 10.7. The van der Waals surface area contributed by atoms with Crippen LogP contribution in [0.25, 0.3) is 0 Å². The van der Waals surface area contributed by atoms with Crippen molar-refractivity contribution in [3.8, 4) is 0 Å². The summed E-state index contributed by atoms with van der Waals surface area (Å²) in [6, 6.07) is 11.8. The second-order valence-corrected chi connectivity index (χ2v) is 7.95. The Morgan fingerprint density at radius 1 is 1.18 bits per heavy atom. The third-order valence-corrected chi connectivity index (χ3v) is 5.26. The molecule has 2 N–H and O–H groups in total. The molecule has 0 amide bonds. The number of hydrogen-bond acceptors (Lipinski definition) is 4. The maximum atomic E-state index is 12.2.